The van der Waals surface area contributed by atoms with Gasteiger partial charge in [0.15, 0.2) is 0 Å². The minimum absolute atomic E-state index is 0.0105. The molecular weight excluding hydrogens is 246 g/mol. The molecule has 1 aromatic carbocycles. The van der Waals surface area contributed by atoms with E-state index < -0.39 is 4.92 Å². The summed E-state index contributed by atoms with van der Waals surface area (Å²) in [4.78, 5) is 16.9. The van der Waals surface area contributed by atoms with Crippen LogP contribution in [0.1, 0.15) is 5.56 Å². The normalized spacial score (nSPS) is 9.26. The van der Waals surface area contributed by atoms with Gasteiger partial charge in [-0.05, 0) is 17.7 Å². The average Bonchev–Trinajstić information content (AvgIpc) is 2.43. The Kier molecular flexibility index (Phi) is 3.57. The summed E-state index contributed by atoms with van der Waals surface area (Å²) < 4.78 is 0. The van der Waals surface area contributed by atoms with Crippen LogP contribution in [-0.4, -0.2) is 16.5 Å². The molecule has 7 heteroatoms. The Balaban J connectivity index is 2.57. The molecule has 0 amide bonds. The molecule has 19 heavy (non-hydrogen) atoms. The van der Waals surface area contributed by atoms with Gasteiger partial charge in [0.25, 0.3) is 5.69 Å². The molecule has 1 heterocycles. The first-order valence-electron chi connectivity index (χ1n) is 5.25. The molecule has 0 radical (unpaired) electrons. The van der Waals surface area contributed by atoms with Gasteiger partial charge in [0.2, 0.25) is 0 Å². The van der Waals surface area contributed by atoms with Crippen LogP contribution >= 0.6 is 0 Å². The standard InChI is InChI=1S/C12H7N5O2/c13-16-15-6-1-2-9-3-4-12(17(18)19)11-8-14-7-5-10(9)11/h3-5,7-8H,6H2. The maximum absolute atomic E-state index is 10.9. The smallest absolute Gasteiger partial charge is 0.264 e. The third kappa shape index (κ3) is 2.60. The number of azide groups is 1. The molecule has 2 rings (SSSR count). The number of nitro benzene ring substituents is 1. The Hall–Kier alpha value is -3.10. The van der Waals surface area contributed by atoms with Gasteiger partial charge < -0.3 is 0 Å². The van der Waals surface area contributed by atoms with Gasteiger partial charge in [-0.1, -0.05) is 17.0 Å². The number of fused-ring (bicyclic) bond motifs is 1. The van der Waals surface area contributed by atoms with Gasteiger partial charge in [-0.15, -0.1) is 0 Å². The minimum Gasteiger partial charge on any atom is -0.264 e. The van der Waals surface area contributed by atoms with Crippen LogP contribution in [0.4, 0.5) is 5.69 Å². The number of non-ortho nitro benzene ring substituents is 1. The van der Waals surface area contributed by atoms with Gasteiger partial charge in [0.1, 0.15) is 0 Å². The molecule has 0 N–H and O–H groups in total. The largest absolute Gasteiger partial charge is 0.278 e. The third-order valence-electron chi connectivity index (χ3n) is 2.43. The van der Waals surface area contributed by atoms with Gasteiger partial charge in [-0.2, -0.15) is 0 Å². The lowest BCUT2D eigenvalue weighted by atomic mass is 10.1. The number of nitro groups is 1. The van der Waals surface area contributed by atoms with E-state index in [0.717, 1.165) is 0 Å². The van der Waals surface area contributed by atoms with E-state index in [9.17, 15) is 10.1 Å². The Labute approximate surface area is 107 Å². The SMILES string of the molecule is [N-]=[N+]=NCC#Cc1ccc([N+](=O)[O-])c2cnccc12. The second-order valence-electron chi connectivity index (χ2n) is 3.50. The molecule has 0 aliphatic rings. The fourth-order valence-corrected chi connectivity index (χ4v) is 1.65. The Morgan fingerprint density at radius 1 is 1.42 bits per heavy atom. The zero-order chi connectivity index (χ0) is 13.7. The maximum atomic E-state index is 10.9. The molecule has 2 aromatic rings. The minimum atomic E-state index is -0.457. The van der Waals surface area contributed by atoms with Gasteiger partial charge in [0.05, 0.1) is 16.9 Å². The summed E-state index contributed by atoms with van der Waals surface area (Å²) in [5.41, 5.74) is 8.76. The first kappa shape index (κ1) is 12.4. The predicted octanol–water partition coefficient (Wildman–Crippen LogP) is 2.80. The summed E-state index contributed by atoms with van der Waals surface area (Å²) >= 11 is 0. The van der Waals surface area contributed by atoms with Crippen molar-refractivity contribution < 1.29 is 4.92 Å². The van der Waals surface area contributed by atoms with E-state index >= 15 is 0 Å². The number of pyridine rings is 1. The van der Waals surface area contributed by atoms with Crippen molar-refractivity contribution in [1.82, 2.24) is 4.98 Å². The van der Waals surface area contributed by atoms with Crippen molar-refractivity contribution >= 4 is 16.5 Å². The highest BCUT2D eigenvalue weighted by molar-refractivity contribution is 5.94. The first-order chi connectivity index (χ1) is 9.24. The summed E-state index contributed by atoms with van der Waals surface area (Å²) in [6, 6.07) is 4.63. The van der Waals surface area contributed by atoms with Crippen LogP contribution in [0.25, 0.3) is 21.2 Å². The highest BCUT2D eigenvalue weighted by Gasteiger charge is 2.13. The van der Waals surface area contributed by atoms with Crippen molar-refractivity contribution in [2.75, 3.05) is 6.54 Å². The first-order valence-corrected chi connectivity index (χ1v) is 5.25. The number of benzene rings is 1. The molecule has 0 spiro atoms. The van der Waals surface area contributed by atoms with E-state index in [1.807, 2.05) is 0 Å². The molecule has 0 aliphatic carbocycles. The molecule has 92 valence electrons. The molecule has 0 saturated heterocycles. The van der Waals surface area contributed by atoms with E-state index in [1.54, 1.807) is 18.3 Å². The topological polar surface area (TPSA) is 105 Å². The van der Waals surface area contributed by atoms with Crippen molar-refractivity contribution in [3.63, 3.8) is 0 Å². The lowest BCUT2D eigenvalue weighted by Gasteiger charge is -2.01. The fraction of sp³-hybridized carbons (Fsp3) is 0.0833. The molecule has 1 aromatic heterocycles. The molecule has 7 nitrogen and oxygen atoms in total. The van der Waals surface area contributed by atoms with Crippen molar-refractivity contribution in [3.05, 3.63) is 56.7 Å². The quantitative estimate of drug-likeness (QED) is 0.205. The monoisotopic (exact) mass is 253 g/mol. The second kappa shape index (κ2) is 5.49. The van der Waals surface area contributed by atoms with Crippen molar-refractivity contribution in [2.45, 2.75) is 0 Å². The zero-order valence-corrected chi connectivity index (χ0v) is 9.65. The van der Waals surface area contributed by atoms with Gasteiger partial charge in [-0.3, -0.25) is 15.1 Å². The Morgan fingerprint density at radius 2 is 2.26 bits per heavy atom. The van der Waals surface area contributed by atoms with Crippen LogP contribution in [0.3, 0.4) is 0 Å². The van der Waals surface area contributed by atoms with E-state index in [-0.39, 0.29) is 12.2 Å². The highest BCUT2D eigenvalue weighted by atomic mass is 16.6. The summed E-state index contributed by atoms with van der Waals surface area (Å²) in [5.74, 6) is 5.51. The zero-order valence-electron chi connectivity index (χ0n) is 9.65. The van der Waals surface area contributed by atoms with Crippen molar-refractivity contribution in [1.29, 1.82) is 0 Å². The molecule has 0 saturated carbocycles. The molecule has 0 bridgehead atoms. The summed E-state index contributed by atoms with van der Waals surface area (Å²) in [7, 11) is 0. The van der Waals surface area contributed by atoms with Crippen LogP contribution in [0.15, 0.2) is 35.7 Å². The van der Waals surface area contributed by atoms with Gasteiger partial charge in [0, 0.05) is 34.3 Å². The van der Waals surface area contributed by atoms with Gasteiger partial charge >= 0.3 is 0 Å². The van der Waals surface area contributed by atoms with E-state index in [4.69, 9.17) is 5.53 Å². The summed E-state index contributed by atoms with van der Waals surface area (Å²) in [5, 5.41) is 15.3. The lowest BCUT2D eigenvalue weighted by Crippen LogP contribution is -1.91. The van der Waals surface area contributed by atoms with Crippen molar-refractivity contribution in [3.8, 4) is 11.8 Å². The summed E-state index contributed by atoms with van der Waals surface area (Å²) in [6.45, 7) is 0.0556. The number of hydrogen-bond acceptors (Lipinski definition) is 4. The van der Waals surface area contributed by atoms with Gasteiger partial charge in [-0.25, -0.2) is 0 Å². The van der Waals surface area contributed by atoms with E-state index in [1.165, 1.54) is 12.3 Å². The van der Waals surface area contributed by atoms with Crippen LogP contribution in [0, 0.1) is 22.0 Å². The van der Waals surface area contributed by atoms with Crippen molar-refractivity contribution in [2.24, 2.45) is 5.11 Å². The number of aromatic nitrogens is 1. The molecular formula is C12H7N5O2. The Morgan fingerprint density at radius 3 is 3.00 bits per heavy atom. The molecule has 0 unspecified atom stereocenters. The third-order valence-corrected chi connectivity index (χ3v) is 2.43. The molecule has 0 fully saturated rings. The van der Waals surface area contributed by atoms with E-state index in [0.29, 0.717) is 16.3 Å². The van der Waals surface area contributed by atoms with Crippen LogP contribution in [0.5, 0.6) is 0 Å². The predicted molar refractivity (Wildman–Crippen MR) is 69.3 cm³/mol. The number of nitrogens with zero attached hydrogens (tertiary/aromatic N) is 5. The van der Waals surface area contributed by atoms with Crippen LogP contribution in [-0.2, 0) is 0 Å². The molecule has 0 atom stereocenters. The summed E-state index contributed by atoms with van der Waals surface area (Å²) in [6.07, 6.45) is 2.98. The lowest BCUT2D eigenvalue weighted by molar-refractivity contribution is -0.383. The average molecular weight is 253 g/mol. The number of rotatable bonds is 2. The maximum Gasteiger partial charge on any atom is 0.278 e. The van der Waals surface area contributed by atoms with Crippen LogP contribution < -0.4 is 0 Å². The Bertz CT molecular complexity index is 754. The van der Waals surface area contributed by atoms with E-state index in [2.05, 4.69) is 26.9 Å². The fourth-order valence-electron chi connectivity index (χ4n) is 1.65. The van der Waals surface area contributed by atoms with Crippen LogP contribution in [0.2, 0.25) is 0 Å². The second-order valence-corrected chi connectivity index (χ2v) is 3.50. The molecule has 0 aliphatic heterocycles. The highest BCUT2D eigenvalue weighted by Crippen LogP contribution is 2.26. The number of hydrogen-bond donors (Lipinski definition) is 0.